The largest absolute Gasteiger partial charge is 0.477 e. The van der Waals surface area contributed by atoms with E-state index in [2.05, 4.69) is 9.97 Å². The van der Waals surface area contributed by atoms with E-state index < -0.39 is 22.7 Å². The fraction of sp³-hybridized carbons (Fsp3) is 0.0909. The van der Waals surface area contributed by atoms with Gasteiger partial charge in [-0.05, 0) is 35.4 Å². The lowest BCUT2D eigenvalue weighted by Gasteiger charge is -2.09. The number of H-pyrrole nitrogens is 1. The molecule has 30 heavy (non-hydrogen) atoms. The monoisotopic (exact) mass is 430 g/mol. The minimum absolute atomic E-state index is 0.106. The molecule has 0 spiro atoms. The van der Waals surface area contributed by atoms with Crippen molar-refractivity contribution in [2.45, 2.75) is 12.6 Å². The molecule has 0 unspecified atom stereocenters. The van der Waals surface area contributed by atoms with Gasteiger partial charge in [-0.25, -0.2) is 9.78 Å². The van der Waals surface area contributed by atoms with Crippen molar-refractivity contribution in [1.29, 1.82) is 0 Å². The Bertz CT molecular complexity index is 1250. The van der Waals surface area contributed by atoms with Gasteiger partial charge in [-0.2, -0.15) is 13.2 Å². The Morgan fingerprint density at radius 3 is 2.47 bits per heavy atom. The summed E-state index contributed by atoms with van der Waals surface area (Å²) in [5.74, 6) is -1.16. The summed E-state index contributed by atoms with van der Waals surface area (Å²) < 4.78 is 39.9. The van der Waals surface area contributed by atoms with Gasteiger partial charge in [0.05, 0.1) is 16.3 Å². The van der Waals surface area contributed by atoms with Gasteiger partial charge in [0.1, 0.15) is 5.69 Å². The number of hydrogen-bond acceptors (Lipinski definition) is 2. The van der Waals surface area contributed by atoms with Crippen LogP contribution in [0.5, 0.6) is 0 Å². The number of benzene rings is 2. The number of carboxylic acids is 1. The molecule has 4 rings (SSSR count). The molecular formula is C22H14ClF3N2O2. The first-order valence-corrected chi connectivity index (χ1v) is 9.28. The quantitative estimate of drug-likeness (QED) is 0.405. The average molecular weight is 431 g/mol. The second-order valence-corrected chi connectivity index (χ2v) is 7.12. The number of pyridine rings is 1. The molecule has 4 aromatic rings. The number of hydrogen-bond donors (Lipinski definition) is 2. The van der Waals surface area contributed by atoms with Crippen LogP contribution in [0.1, 0.15) is 27.3 Å². The van der Waals surface area contributed by atoms with Crippen LogP contribution in [0.4, 0.5) is 13.2 Å². The Balaban J connectivity index is 1.93. The van der Waals surface area contributed by atoms with Crippen molar-refractivity contribution >= 4 is 28.5 Å². The molecule has 8 heteroatoms. The van der Waals surface area contributed by atoms with Crippen LogP contribution in [-0.2, 0) is 12.6 Å². The number of halogens is 4. The molecule has 0 radical (unpaired) electrons. The topological polar surface area (TPSA) is 66.0 Å². The summed E-state index contributed by atoms with van der Waals surface area (Å²) in [5.41, 5.74) is 1.83. The Kier molecular flexibility index (Phi) is 4.99. The number of aromatic carboxylic acids is 1. The average Bonchev–Trinajstić information content (AvgIpc) is 3.05. The van der Waals surface area contributed by atoms with Crippen LogP contribution < -0.4 is 0 Å². The van der Waals surface area contributed by atoms with Crippen molar-refractivity contribution < 1.29 is 23.1 Å². The Morgan fingerprint density at radius 2 is 1.80 bits per heavy atom. The Hall–Kier alpha value is -3.32. The highest BCUT2D eigenvalue weighted by Gasteiger charge is 2.34. The number of rotatable bonds is 4. The third-order valence-electron chi connectivity index (χ3n) is 4.75. The van der Waals surface area contributed by atoms with Crippen LogP contribution in [0.3, 0.4) is 0 Å². The van der Waals surface area contributed by atoms with E-state index in [0.29, 0.717) is 22.3 Å². The van der Waals surface area contributed by atoms with Gasteiger partial charge in [0.25, 0.3) is 0 Å². The Morgan fingerprint density at radius 1 is 1.07 bits per heavy atom. The molecular weight excluding hydrogens is 417 g/mol. The molecule has 2 N–H and O–H groups in total. The fourth-order valence-corrected chi connectivity index (χ4v) is 3.67. The second kappa shape index (κ2) is 7.50. The maximum absolute atomic E-state index is 13.3. The summed E-state index contributed by atoms with van der Waals surface area (Å²) in [5, 5.41) is 9.31. The molecule has 2 heterocycles. The molecule has 0 aliphatic carbocycles. The van der Waals surface area contributed by atoms with Crippen molar-refractivity contribution in [3.8, 4) is 11.3 Å². The number of nitrogens with one attached hydrogen (secondary N) is 1. The van der Waals surface area contributed by atoms with E-state index in [-0.39, 0.29) is 17.6 Å². The molecule has 0 amide bonds. The van der Waals surface area contributed by atoms with Gasteiger partial charge in [0.2, 0.25) is 0 Å². The lowest BCUT2D eigenvalue weighted by atomic mass is 10.00. The first-order valence-electron chi connectivity index (χ1n) is 8.90. The minimum Gasteiger partial charge on any atom is -0.477 e. The van der Waals surface area contributed by atoms with Crippen molar-refractivity contribution in [3.05, 3.63) is 88.2 Å². The normalized spacial score (nSPS) is 11.7. The zero-order valence-electron chi connectivity index (χ0n) is 15.3. The number of aromatic nitrogens is 2. The first-order chi connectivity index (χ1) is 14.2. The van der Waals surface area contributed by atoms with Gasteiger partial charge < -0.3 is 10.1 Å². The molecule has 2 aromatic carbocycles. The number of nitrogens with zero attached hydrogens (tertiary/aromatic N) is 1. The summed E-state index contributed by atoms with van der Waals surface area (Å²) in [4.78, 5) is 18.5. The molecule has 0 fully saturated rings. The van der Waals surface area contributed by atoms with Crippen molar-refractivity contribution in [2.75, 3.05) is 0 Å². The highest BCUT2D eigenvalue weighted by Crippen LogP contribution is 2.40. The molecule has 0 aliphatic rings. The van der Waals surface area contributed by atoms with Gasteiger partial charge in [-0.3, -0.25) is 0 Å². The van der Waals surface area contributed by atoms with E-state index in [9.17, 15) is 23.1 Å². The van der Waals surface area contributed by atoms with E-state index >= 15 is 0 Å². The molecule has 4 nitrogen and oxygen atoms in total. The molecule has 152 valence electrons. The predicted octanol–water partition coefficient (Wildman–Crippen LogP) is 6.19. The highest BCUT2D eigenvalue weighted by atomic mass is 35.5. The SMILES string of the molecule is O=C(O)c1cccc(Cc2c(-c3ccccc3)[nH]c3cc(C(F)(F)F)c(Cl)cc23)n1. The number of aromatic amines is 1. The van der Waals surface area contributed by atoms with E-state index in [1.807, 2.05) is 30.3 Å². The zero-order valence-corrected chi connectivity index (χ0v) is 16.1. The van der Waals surface area contributed by atoms with Crippen molar-refractivity contribution in [2.24, 2.45) is 0 Å². The van der Waals surface area contributed by atoms with E-state index in [4.69, 9.17) is 11.6 Å². The van der Waals surface area contributed by atoms with Gasteiger partial charge in [0, 0.05) is 23.0 Å². The first kappa shape index (κ1) is 20.0. The van der Waals surface area contributed by atoms with Gasteiger partial charge in [-0.15, -0.1) is 0 Å². The summed E-state index contributed by atoms with van der Waals surface area (Å²) >= 11 is 5.96. The van der Waals surface area contributed by atoms with Crippen LogP contribution in [0, 0.1) is 0 Å². The molecule has 0 atom stereocenters. The lowest BCUT2D eigenvalue weighted by Crippen LogP contribution is -2.05. The molecule has 0 saturated heterocycles. The van der Waals surface area contributed by atoms with Crippen LogP contribution >= 0.6 is 11.6 Å². The van der Waals surface area contributed by atoms with Gasteiger partial charge in [0.15, 0.2) is 0 Å². The molecule has 0 bridgehead atoms. The second-order valence-electron chi connectivity index (χ2n) is 6.72. The predicted molar refractivity (Wildman–Crippen MR) is 108 cm³/mol. The third-order valence-corrected chi connectivity index (χ3v) is 5.06. The van der Waals surface area contributed by atoms with Crippen LogP contribution in [0.2, 0.25) is 5.02 Å². The summed E-state index contributed by atoms with van der Waals surface area (Å²) in [6.07, 6.45) is -4.37. The zero-order chi connectivity index (χ0) is 21.5. The molecule has 0 aliphatic heterocycles. The van der Waals surface area contributed by atoms with Gasteiger partial charge in [-0.1, -0.05) is 48.0 Å². The van der Waals surface area contributed by atoms with E-state index in [1.165, 1.54) is 12.1 Å². The summed E-state index contributed by atoms with van der Waals surface area (Å²) in [6.45, 7) is 0. The van der Waals surface area contributed by atoms with E-state index in [1.54, 1.807) is 12.1 Å². The van der Waals surface area contributed by atoms with E-state index in [0.717, 1.165) is 11.6 Å². The standard InChI is InChI=1S/C22H14ClF3N2O2/c23-17-10-14-15(9-13-7-4-8-18(27-13)21(29)30)20(12-5-2-1-3-6-12)28-19(14)11-16(17)22(24,25)26/h1-8,10-11,28H,9H2,(H,29,30). The number of fused-ring (bicyclic) bond motifs is 1. The van der Waals surface area contributed by atoms with Crippen molar-refractivity contribution in [1.82, 2.24) is 9.97 Å². The van der Waals surface area contributed by atoms with Crippen LogP contribution in [0.25, 0.3) is 22.2 Å². The van der Waals surface area contributed by atoms with Gasteiger partial charge >= 0.3 is 12.1 Å². The van der Waals surface area contributed by atoms with Crippen LogP contribution in [0.15, 0.2) is 60.7 Å². The number of alkyl halides is 3. The smallest absolute Gasteiger partial charge is 0.417 e. The Labute approximate surface area is 174 Å². The summed E-state index contributed by atoms with van der Waals surface area (Å²) in [7, 11) is 0. The van der Waals surface area contributed by atoms with Crippen LogP contribution in [-0.4, -0.2) is 21.0 Å². The number of carboxylic acid groups (broad SMARTS) is 1. The maximum atomic E-state index is 13.3. The maximum Gasteiger partial charge on any atom is 0.417 e. The number of carbonyl (C=O) groups is 1. The third kappa shape index (κ3) is 3.76. The highest BCUT2D eigenvalue weighted by molar-refractivity contribution is 6.32. The fourth-order valence-electron chi connectivity index (χ4n) is 3.40. The van der Waals surface area contributed by atoms with Crippen molar-refractivity contribution in [3.63, 3.8) is 0 Å². The molecule has 2 aromatic heterocycles. The minimum atomic E-state index is -4.58. The molecule has 0 saturated carbocycles. The lowest BCUT2D eigenvalue weighted by molar-refractivity contribution is -0.137. The summed E-state index contributed by atoms with van der Waals surface area (Å²) in [6, 6.07) is 16.1.